The first-order chi connectivity index (χ1) is 7.25. The van der Waals surface area contributed by atoms with Crippen LogP contribution in [0.4, 0.5) is 15.8 Å². The smallest absolute Gasteiger partial charge is 0.166 e. The first kappa shape index (κ1) is 9.52. The Morgan fingerprint density at radius 3 is 2.33 bits per heavy atom. The minimum Gasteiger partial charge on any atom is -0.505 e. The molecule has 0 aliphatic carbocycles. The lowest BCUT2D eigenvalue weighted by molar-refractivity contribution is 0.432. The maximum Gasteiger partial charge on any atom is 0.166 e. The van der Waals surface area contributed by atoms with Crippen molar-refractivity contribution < 1.29 is 9.50 Å². The number of hydrogen-bond acceptors (Lipinski definition) is 2. The Labute approximate surface area is 87.0 Å². The van der Waals surface area contributed by atoms with Gasteiger partial charge in [0.05, 0.1) is 0 Å². The van der Waals surface area contributed by atoms with Crippen LogP contribution >= 0.6 is 0 Å². The molecule has 0 spiro atoms. The molecule has 3 heteroatoms. The van der Waals surface area contributed by atoms with Crippen molar-refractivity contribution in [2.45, 2.75) is 0 Å². The predicted molar refractivity (Wildman–Crippen MR) is 57.8 cm³/mol. The molecule has 0 amide bonds. The number of phenols is 1. The van der Waals surface area contributed by atoms with Crippen molar-refractivity contribution in [1.29, 1.82) is 0 Å². The van der Waals surface area contributed by atoms with Gasteiger partial charge in [-0.25, -0.2) is 4.39 Å². The van der Waals surface area contributed by atoms with Crippen molar-refractivity contribution in [2.75, 3.05) is 5.32 Å². The van der Waals surface area contributed by atoms with Gasteiger partial charge in [-0.2, -0.15) is 0 Å². The average molecular weight is 203 g/mol. The number of aromatic hydroxyl groups is 1. The fraction of sp³-hybridized carbons (Fsp3) is 0. The summed E-state index contributed by atoms with van der Waals surface area (Å²) in [6.45, 7) is 0. The Morgan fingerprint density at radius 1 is 0.933 bits per heavy atom. The molecule has 0 aliphatic rings. The number of phenolic OH excluding ortho intramolecular Hbond substituents is 1. The lowest BCUT2D eigenvalue weighted by atomic mass is 10.2. The molecule has 2 aromatic rings. The van der Waals surface area contributed by atoms with E-state index in [-0.39, 0.29) is 5.75 Å². The van der Waals surface area contributed by atoms with E-state index in [1.54, 1.807) is 6.07 Å². The van der Waals surface area contributed by atoms with E-state index >= 15 is 0 Å². The van der Waals surface area contributed by atoms with Gasteiger partial charge in [0.1, 0.15) is 0 Å². The number of nitrogens with one attached hydrogen (secondary N) is 1. The van der Waals surface area contributed by atoms with E-state index in [2.05, 4.69) is 5.32 Å². The van der Waals surface area contributed by atoms with Gasteiger partial charge >= 0.3 is 0 Å². The summed E-state index contributed by atoms with van der Waals surface area (Å²) in [7, 11) is 0. The summed E-state index contributed by atoms with van der Waals surface area (Å²) < 4.78 is 13.0. The topological polar surface area (TPSA) is 32.3 Å². The van der Waals surface area contributed by atoms with Crippen LogP contribution in [0.15, 0.2) is 48.5 Å². The molecule has 0 heterocycles. The summed E-state index contributed by atoms with van der Waals surface area (Å²) in [6.07, 6.45) is 0. The molecule has 0 fully saturated rings. The Morgan fingerprint density at radius 2 is 1.67 bits per heavy atom. The largest absolute Gasteiger partial charge is 0.505 e. The highest BCUT2D eigenvalue weighted by Crippen LogP contribution is 2.22. The van der Waals surface area contributed by atoms with Gasteiger partial charge in [-0.1, -0.05) is 18.2 Å². The predicted octanol–water partition coefficient (Wildman–Crippen LogP) is 3.27. The Hall–Kier alpha value is -2.03. The Kier molecular flexibility index (Phi) is 2.54. The molecule has 0 saturated heterocycles. The second kappa shape index (κ2) is 4.00. The summed E-state index contributed by atoms with van der Waals surface area (Å²) in [5, 5.41) is 12.0. The number of benzene rings is 2. The third-order valence-corrected chi connectivity index (χ3v) is 2.01. The maximum atomic E-state index is 13.0. The van der Waals surface area contributed by atoms with Crippen molar-refractivity contribution in [1.82, 2.24) is 0 Å². The van der Waals surface area contributed by atoms with Gasteiger partial charge in [-0.05, 0) is 24.3 Å². The molecule has 0 unspecified atom stereocenters. The van der Waals surface area contributed by atoms with Crippen molar-refractivity contribution in [3.05, 3.63) is 54.3 Å². The average Bonchev–Trinajstić information content (AvgIpc) is 2.25. The molecule has 76 valence electrons. The lowest BCUT2D eigenvalue weighted by Crippen LogP contribution is -1.90. The van der Waals surface area contributed by atoms with Gasteiger partial charge in [0.2, 0.25) is 0 Å². The van der Waals surface area contributed by atoms with E-state index in [4.69, 9.17) is 5.11 Å². The monoisotopic (exact) mass is 203 g/mol. The quantitative estimate of drug-likeness (QED) is 0.734. The standard InChI is InChI=1S/C12H10FNO/c13-11-8-10(6-7-12(11)15)14-9-4-2-1-3-5-9/h1-8,14-15H. The molecule has 0 saturated carbocycles. The minimum absolute atomic E-state index is 0.339. The molecule has 0 aromatic heterocycles. The number of halogens is 1. The fourth-order valence-corrected chi connectivity index (χ4v) is 1.27. The molecule has 0 atom stereocenters. The van der Waals surface area contributed by atoms with Gasteiger partial charge in [-0.15, -0.1) is 0 Å². The third kappa shape index (κ3) is 2.26. The number of hydrogen-bond donors (Lipinski definition) is 2. The second-order valence-electron chi connectivity index (χ2n) is 3.16. The molecule has 2 nitrogen and oxygen atoms in total. The van der Waals surface area contributed by atoms with Gasteiger partial charge in [0.25, 0.3) is 0 Å². The molecule has 2 aromatic carbocycles. The molecule has 2 rings (SSSR count). The first-order valence-corrected chi connectivity index (χ1v) is 4.56. The summed E-state index contributed by atoms with van der Waals surface area (Å²) in [6, 6.07) is 13.6. The number of rotatable bonds is 2. The Bertz CT molecular complexity index is 456. The van der Waals surface area contributed by atoms with Crippen LogP contribution in [0.3, 0.4) is 0 Å². The van der Waals surface area contributed by atoms with Crippen molar-refractivity contribution in [3.8, 4) is 5.75 Å². The van der Waals surface area contributed by atoms with Crippen LogP contribution in [0, 0.1) is 5.82 Å². The minimum atomic E-state index is -0.629. The Balaban J connectivity index is 2.22. The van der Waals surface area contributed by atoms with E-state index in [0.29, 0.717) is 5.69 Å². The molecule has 15 heavy (non-hydrogen) atoms. The SMILES string of the molecule is Oc1ccc(Nc2ccccc2)cc1F. The van der Waals surface area contributed by atoms with E-state index in [1.165, 1.54) is 12.1 Å². The number of anilines is 2. The summed E-state index contributed by atoms with van der Waals surface area (Å²) in [5.74, 6) is -0.968. The van der Waals surface area contributed by atoms with Gasteiger partial charge in [-0.3, -0.25) is 0 Å². The van der Waals surface area contributed by atoms with Crippen molar-refractivity contribution in [2.24, 2.45) is 0 Å². The molecular weight excluding hydrogens is 193 g/mol. The fourth-order valence-electron chi connectivity index (χ4n) is 1.27. The van der Waals surface area contributed by atoms with Crippen molar-refractivity contribution in [3.63, 3.8) is 0 Å². The second-order valence-corrected chi connectivity index (χ2v) is 3.16. The molecule has 0 bridgehead atoms. The normalized spacial score (nSPS) is 9.93. The zero-order chi connectivity index (χ0) is 10.7. The van der Waals surface area contributed by atoms with Gasteiger partial charge < -0.3 is 10.4 Å². The summed E-state index contributed by atoms with van der Waals surface area (Å²) in [5.41, 5.74) is 1.49. The van der Waals surface area contributed by atoms with Crippen LogP contribution in [0.25, 0.3) is 0 Å². The number of para-hydroxylation sites is 1. The van der Waals surface area contributed by atoms with Gasteiger partial charge in [0, 0.05) is 17.4 Å². The van der Waals surface area contributed by atoms with Crippen LogP contribution < -0.4 is 5.32 Å². The molecule has 0 aliphatic heterocycles. The summed E-state index contributed by atoms with van der Waals surface area (Å²) >= 11 is 0. The third-order valence-electron chi connectivity index (χ3n) is 2.01. The van der Waals surface area contributed by atoms with E-state index in [0.717, 1.165) is 5.69 Å². The molecule has 2 N–H and O–H groups in total. The highest BCUT2D eigenvalue weighted by atomic mass is 19.1. The maximum absolute atomic E-state index is 13.0. The zero-order valence-electron chi connectivity index (χ0n) is 7.94. The first-order valence-electron chi connectivity index (χ1n) is 4.56. The van der Waals surface area contributed by atoms with Crippen LogP contribution in [0.2, 0.25) is 0 Å². The molecular formula is C12H10FNO. The van der Waals surface area contributed by atoms with E-state index < -0.39 is 5.82 Å². The lowest BCUT2D eigenvalue weighted by Gasteiger charge is -2.06. The van der Waals surface area contributed by atoms with Gasteiger partial charge in [0.15, 0.2) is 11.6 Å². The summed E-state index contributed by atoms with van der Waals surface area (Å²) in [4.78, 5) is 0. The van der Waals surface area contributed by atoms with Crippen LogP contribution in [-0.2, 0) is 0 Å². The zero-order valence-corrected chi connectivity index (χ0v) is 7.94. The van der Waals surface area contributed by atoms with Crippen molar-refractivity contribution >= 4 is 11.4 Å². The van der Waals surface area contributed by atoms with Crippen LogP contribution in [-0.4, -0.2) is 5.11 Å². The van der Waals surface area contributed by atoms with Crippen LogP contribution in [0.5, 0.6) is 5.75 Å². The highest BCUT2D eigenvalue weighted by molar-refractivity contribution is 5.60. The molecule has 0 radical (unpaired) electrons. The van der Waals surface area contributed by atoms with E-state index in [1.807, 2.05) is 30.3 Å². The van der Waals surface area contributed by atoms with E-state index in [9.17, 15) is 4.39 Å². The highest BCUT2D eigenvalue weighted by Gasteiger charge is 2.01. The van der Waals surface area contributed by atoms with Crippen LogP contribution in [0.1, 0.15) is 0 Å².